The molecule has 1 aromatic heterocycles. The first-order valence-corrected chi connectivity index (χ1v) is 6.99. The quantitative estimate of drug-likeness (QED) is 0.602. The molecule has 0 unspecified atom stereocenters. The Hall–Kier alpha value is -1.32. The predicted molar refractivity (Wildman–Crippen MR) is 80.2 cm³/mol. The molecule has 0 aliphatic carbocycles. The minimum Gasteiger partial charge on any atom is -0.343 e. The van der Waals surface area contributed by atoms with Crippen LogP contribution < -0.4 is 0 Å². The molecule has 0 amide bonds. The number of fused-ring (bicyclic) bond motifs is 1. The summed E-state index contributed by atoms with van der Waals surface area (Å²) in [5.41, 5.74) is 2.11. The second-order valence-electron chi connectivity index (χ2n) is 4.40. The van der Waals surface area contributed by atoms with Gasteiger partial charge in [-0.15, -0.1) is 0 Å². The monoisotopic (exact) mass is 337 g/mol. The lowest BCUT2D eigenvalue weighted by atomic mass is 10.2. The molecule has 0 spiro atoms. The van der Waals surface area contributed by atoms with Crippen LogP contribution in [0.25, 0.3) is 10.9 Å². The lowest BCUT2D eigenvalue weighted by Gasteiger charge is -2.07. The van der Waals surface area contributed by atoms with Crippen LogP contribution in [-0.4, -0.2) is 4.57 Å². The molecule has 0 radical (unpaired) electrons. The van der Waals surface area contributed by atoms with Crippen molar-refractivity contribution in [1.29, 1.82) is 0 Å². The Labute approximate surface area is 123 Å². The maximum Gasteiger partial charge on any atom is 0.137 e. The second kappa shape index (κ2) is 4.99. The Balaban J connectivity index is 2.00. The minimum absolute atomic E-state index is 0.246. The van der Waals surface area contributed by atoms with Crippen LogP contribution in [0.4, 0.5) is 4.39 Å². The molecule has 0 saturated heterocycles. The summed E-state index contributed by atoms with van der Waals surface area (Å²) in [6.07, 6.45) is 2.01. The number of aromatic nitrogens is 1. The molecule has 0 aliphatic rings. The lowest BCUT2D eigenvalue weighted by Crippen LogP contribution is -1.98. The Morgan fingerprint density at radius 1 is 1.11 bits per heavy atom. The van der Waals surface area contributed by atoms with E-state index in [0.29, 0.717) is 16.0 Å². The topological polar surface area (TPSA) is 4.93 Å². The van der Waals surface area contributed by atoms with E-state index in [4.69, 9.17) is 11.6 Å². The van der Waals surface area contributed by atoms with Gasteiger partial charge in [-0.25, -0.2) is 4.39 Å². The van der Waals surface area contributed by atoms with Crippen molar-refractivity contribution in [1.82, 2.24) is 4.57 Å². The molecule has 96 valence electrons. The fraction of sp³-hybridized carbons (Fsp3) is 0.0667. The summed E-state index contributed by atoms with van der Waals surface area (Å²) < 4.78 is 15.8. The first-order valence-electron chi connectivity index (χ1n) is 5.82. The molecular weight excluding hydrogens is 329 g/mol. The summed E-state index contributed by atoms with van der Waals surface area (Å²) in [5.74, 6) is -0.246. The third-order valence-corrected chi connectivity index (χ3v) is 3.92. The number of hydrogen-bond donors (Lipinski definition) is 0. The fourth-order valence-electron chi connectivity index (χ4n) is 2.13. The highest BCUT2D eigenvalue weighted by atomic mass is 79.9. The van der Waals surface area contributed by atoms with Gasteiger partial charge in [-0.05, 0) is 57.2 Å². The van der Waals surface area contributed by atoms with E-state index >= 15 is 0 Å². The van der Waals surface area contributed by atoms with Crippen molar-refractivity contribution in [3.05, 3.63) is 69.5 Å². The van der Waals surface area contributed by atoms with E-state index in [1.807, 2.05) is 30.5 Å². The molecule has 3 aromatic rings. The number of halogens is 3. The molecule has 19 heavy (non-hydrogen) atoms. The van der Waals surface area contributed by atoms with E-state index in [2.05, 4.69) is 20.5 Å². The van der Waals surface area contributed by atoms with Gasteiger partial charge in [0.15, 0.2) is 0 Å². The van der Waals surface area contributed by atoms with E-state index in [-0.39, 0.29) is 5.82 Å². The van der Waals surface area contributed by atoms with E-state index in [9.17, 15) is 4.39 Å². The van der Waals surface area contributed by atoms with Gasteiger partial charge in [0.05, 0.1) is 4.47 Å². The zero-order valence-electron chi connectivity index (χ0n) is 9.91. The largest absolute Gasteiger partial charge is 0.343 e. The normalized spacial score (nSPS) is 11.1. The van der Waals surface area contributed by atoms with Crippen LogP contribution in [0.5, 0.6) is 0 Å². The zero-order chi connectivity index (χ0) is 13.4. The van der Waals surface area contributed by atoms with Crippen molar-refractivity contribution >= 4 is 38.4 Å². The summed E-state index contributed by atoms with van der Waals surface area (Å²) in [6.45, 7) is 0.683. The number of nitrogens with zero attached hydrogens (tertiary/aromatic N) is 1. The summed E-state index contributed by atoms with van der Waals surface area (Å²) in [5, 5.41) is 1.86. The first kappa shape index (κ1) is 12.7. The van der Waals surface area contributed by atoms with Crippen LogP contribution >= 0.6 is 27.5 Å². The van der Waals surface area contributed by atoms with Gasteiger partial charge in [-0.2, -0.15) is 0 Å². The molecule has 0 fully saturated rings. The Bertz CT molecular complexity index is 751. The van der Waals surface area contributed by atoms with Gasteiger partial charge in [-0.3, -0.25) is 0 Å². The van der Waals surface area contributed by atoms with Crippen LogP contribution in [0.3, 0.4) is 0 Å². The second-order valence-corrected chi connectivity index (χ2v) is 5.69. The number of hydrogen-bond acceptors (Lipinski definition) is 0. The van der Waals surface area contributed by atoms with Crippen molar-refractivity contribution < 1.29 is 4.39 Å². The molecule has 0 bridgehead atoms. The van der Waals surface area contributed by atoms with Gasteiger partial charge in [0, 0.05) is 23.3 Å². The number of benzene rings is 2. The fourth-order valence-corrected chi connectivity index (χ4v) is 2.72. The van der Waals surface area contributed by atoms with Crippen molar-refractivity contribution in [2.24, 2.45) is 0 Å². The van der Waals surface area contributed by atoms with Gasteiger partial charge in [0.1, 0.15) is 5.82 Å². The van der Waals surface area contributed by atoms with Gasteiger partial charge < -0.3 is 4.57 Å². The predicted octanol–water partition coefficient (Wildman–Crippen LogP) is 5.24. The van der Waals surface area contributed by atoms with Crippen LogP contribution in [0.1, 0.15) is 5.56 Å². The number of rotatable bonds is 2. The Kier molecular flexibility index (Phi) is 3.33. The van der Waals surface area contributed by atoms with Gasteiger partial charge >= 0.3 is 0 Å². The maximum atomic E-state index is 13.2. The molecule has 1 nitrogen and oxygen atoms in total. The smallest absolute Gasteiger partial charge is 0.137 e. The Morgan fingerprint density at radius 3 is 2.74 bits per heavy atom. The van der Waals surface area contributed by atoms with Crippen LogP contribution in [-0.2, 0) is 6.54 Å². The standard InChI is InChI=1S/C15H10BrClFN/c16-13-7-10(1-4-14(13)18)9-19-6-5-11-2-3-12(17)8-15(11)19/h1-8H,9H2. The van der Waals surface area contributed by atoms with Crippen molar-refractivity contribution in [2.75, 3.05) is 0 Å². The molecule has 0 N–H and O–H groups in total. The SMILES string of the molecule is Fc1ccc(Cn2ccc3ccc(Cl)cc32)cc1Br. The molecule has 1 heterocycles. The van der Waals surface area contributed by atoms with Gasteiger partial charge in [-0.1, -0.05) is 23.7 Å². The molecule has 0 atom stereocenters. The third kappa shape index (κ3) is 2.53. The molecule has 0 aliphatic heterocycles. The highest BCUT2D eigenvalue weighted by molar-refractivity contribution is 9.10. The van der Waals surface area contributed by atoms with E-state index in [1.165, 1.54) is 6.07 Å². The van der Waals surface area contributed by atoms with Gasteiger partial charge in [0.25, 0.3) is 0 Å². The van der Waals surface area contributed by atoms with Gasteiger partial charge in [0.2, 0.25) is 0 Å². The Morgan fingerprint density at radius 2 is 1.95 bits per heavy atom. The molecule has 3 rings (SSSR count). The first-order chi connectivity index (χ1) is 9.13. The molecular formula is C15H10BrClFN. The average Bonchev–Trinajstić information content (AvgIpc) is 2.77. The molecule has 4 heteroatoms. The summed E-state index contributed by atoms with van der Waals surface area (Å²) in [4.78, 5) is 0. The van der Waals surface area contributed by atoms with Crippen molar-refractivity contribution in [2.45, 2.75) is 6.54 Å². The maximum absolute atomic E-state index is 13.2. The van der Waals surface area contributed by atoms with E-state index in [1.54, 1.807) is 12.1 Å². The van der Waals surface area contributed by atoms with Crippen molar-refractivity contribution in [3.63, 3.8) is 0 Å². The van der Waals surface area contributed by atoms with Crippen LogP contribution in [0.2, 0.25) is 5.02 Å². The summed E-state index contributed by atoms with van der Waals surface area (Å²) in [7, 11) is 0. The zero-order valence-corrected chi connectivity index (χ0v) is 12.2. The van der Waals surface area contributed by atoms with Crippen LogP contribution in [0, 0.1) is 5.82 Å². The molecule has 0 saturated carbocycles. The van der Waals surface area contributed by atoms with E-state index in [0.717, 1.165) is 16.5 Å². The highest BCUT2D eigenvalue weighted by Crippen LogP contribution is 2.23. The van der Waals surface area contributed by atoms with E-state index < -0.39 is 0 Å². The third-order valence-electron chi connectivity index (χ3n) is 3.07. The highest BCUT2D eigenvalue weighted by Gasteiger charge is 2.05. The minimum atomic E-state index is -0.246. The van der Waals surface area contributed by atoms with Crippen molar-refractivity contribution in [3.8, 4) is 0 Å². The van der Waals surface area contributed by atoms with Crippen LogP contribution in [0.15, 0.2) is 53.1 Å². The molecule has 2 aromatic carbocycles. The summed E-state index contributed by atoms with van der Waals surface area (Å²) >= 11 is 9.23. The summed E-state index contributed by atoms with van der Waals surface area (Å²) in [6, 6.07) is 12.9. The average molecular weight is 339 g/mol. The lowest BCUT2D eigenvalue weighted by molar-refractivity contribution is 0.619.